The number of aliphatic imine (C=N–C) groups is 1. The van der Waals surface area contributed by atoms with Crippen molar-refractivity contribution in [3.8, 4) is 11.5 Å². The number of ether oxygens (including phenoxy) is 2. The third kappa shape index (κ3) is 4.25. The third-order valence-electron chi connectivity index (χ3n) is 5.09. The molecule has 1 N–H and O–H groups in total. The molecule has 3 rings (SSSR count). The Morgan fingerprint density at radius 2 is 1.75 bits per heavy atom. The maximum atomic E-state index is 14.1. The van der Waals surface area contributed by atoms with E-state index in [1.807, 2.05) is 18.2 Å². The molecular formula is C22H22F3N3O4. The van der Waals surface area contributed by atoms with Crippen LogP contribution in [0.3, 0.4) is 0 Å². The fourth-order valence-corrected chi connectivity index (χ4v) is 3.39. The topological polar surface area (TPSA) is 80.2 Å². The van der Waals surface area contributed by atoms with Crippen LogP contribution in [-0.4, -0.2) is 55.2 Å². The number of hydrogen-bond acceptors (Lipinski definition) is 5. The van der Waals surface area contributed by atoms with Crippen molar-refractivity contribution in [2.24, 2.45) is 4.99 Å². The molecule has 170 valence electrons. The first-order valence-electron chi connectivity index (χ1n) is 9.66. The summed E-state index contributed by atoms with van der Waals surface area (Å²) in [5.41, 5.74) is -2.69. The van der Waals surface area contributed by atoms with E-state index in [1.54, 1.807) is 17.4 Å². The van der Waals surface area contributed by atoms with Crippen molar-refractivity contribution in [3.63, 3.8) is 0 Å². The Hall–Kier alpha value is -3.56. The number of carbonyl (C=O) groups excluding carboxylic acids is 2. The number of hydrogen-bond donors (Lipinski definition) is 1. The van der Waals surface area contributed by atoms with Crippen LogP contribution in [0, 0.1) is 0 Å². The Morgan fingerprint density at radius 1 is 1.09 bits per heavy atom. The number of nitrogens with zero attached hydrogens (tertiary/aromatic N) is 2. The number of rotatable bonds is 7. The van der Waals surface area contributed by atoms with Gasteiger partial charge in [-0.3, -0.25) is 14.5 Å². The summed E-state index contributed by atoms with van der Waals surface area (Å²) in [6.45, 7) is 1.29. The molecule has 0 fully saturated rings. The van der Waals surface area contributed by atoms with E-state index in [2.05, 4.69) is 4.99 Å². The van der Waals surface area contributed by atoms with Crippen LogP contribution >= 0.6 is 0 Å². The largest absolute Gasteiger partial charge is 0.493 e. The molecule has 0 aromatic heterocycles. The van der Waals surface area contributed by atoms with Gasteiger partial charge in [0.2, 0.25) is 0 Å². The van der Waals surface area contributed by atoms with Crippen LogP contribution in [0.25, 0.3) is 0 Å². The number of methoxy groups -OCH3 is 2. The number of amidine groups is 1. The zero-order chi connectivity index (χ0) is 23.5. The number of benzene rings is 2. The number of nitrogens with one attached hydrogen (secondary N) is 1. The van der Waals surface area contributed by atoms with Crippen molar-refractivity contribution < 1.29 is 32.2 Å². The summed E-state index contributed by atoms with van der Waals surface area (Å²) in [6.07, 6.45) is -4.82. The number of amides is 2. The van der Waals surface area contributed by atoms with Gasteiger partial charge in [0.25, 0.3) is 11.8 Å². The molecule has 0 saturated heterocycles. The van der Waals surface area contributed by atoms with E-state index in [0.717, 1.165) is 10.5 Å². The molecule has 1 unspecified atom stereocenters. The first-order chi connectivity index (χ1) is 15.1. The van der Waals surface area contributed by atoms with Crippen molar-refractivity contribution in [2.45, 2.75) is 25.2 Å². The van der Waals surface area contributed by atoms with Gasteiger partial charge in [-0.1, -0.05) is 30.3 Å². The number of carbonyl (C=O) groups is 2. The molecule has 0 saturated carbocycles. The summed E-state index contributed by atoms with van der Waals surface area (Å²) < 4.78 is 52.5. The van der Waals surface area contributed by atoms with Crippen molar-refractivity contribution >= 4 is 17.6 Å². The lowest BCUT2D eigenvalue weighted by molar-refractivity contribution is -0.196. The molecule has 0 radical (unpaired) electrons. The second-order valence-electron chi connectivity index (χ2n) is 7.08. The van der Waals surface area contributed by atoms with Gasteiger partial charge >= 0.3 is 11.8 Å². The van der Waals surface area contributed by atoms with Gasteiger partial charge in [-0.2, -0.15) is 13.2 Å². The van der Waals surface area contributed by atoms with Gasteiger partial charge in [0.15, 0.2) is 11.5 Å². The molecule has 2 aromatic rings. The van der Waals surface area contributed by atoms with Crippen LogP contribution in [0.1, 0.15) is 22.8 Å². The normalized spacial score (nSPS) is 18.4. The zero-order valence-electron chi connectivity index (χ0n) is 17.7. The maximum Gasteiger partial charge on any atom is 0.442 e. The van der Waals surface area contributed by atoms with Crippen LogP contribution in [-0.2, 0) is 11.2 Å². The fraction of sp³-hybridized carbons (Fsp3) is 0.318. The summed E-state index contributed by atoms with van der Waals surface area (Å²) in [5.74, 6) is -2.16. The second kappa shape index (κ2) is 8.89. The minimum Gasteiger partial charge on any atom is -0.493 e. The molecule has 1 aliphatic heterocycles. The van der Waals surface area contributed by atoms with Crippen LogP contribution in [0.15, 0.2) is 53.5 Å². The predicted molar refractivity (Wildman–Crippen MR) is 111 cm³/mol. The van der Waals surface area contributed by atoms with Gasteiger partial charge in [0.05, 0.1) is 14.2 Å². The minimum absolute atomic E-state index is 0.0117. The molecule has 10 heteroatoms. The molecular weight excluding hydrogens is 427 g/mol. The van der Waals surface area contributed by atoms with E-state index >= 15 is 0 Å². The molecule has 2 amide bonds. The van der Waals surface area contributed by atoms with Crippen LogP contribution in [0.2, 0.25) is 0 Å². The van der Waals surface area contributed by atoms with Crippen molar-refractivity contribution in [1.29, 1.82) is 0 Å². The monoisotopic (exact) mass is 449 g/mol. The van der Waals surface area contributed by atoms with E-state index in [-0.39, 0.29) is 23.7 Å². The predicted octanol–water partition coefficient (Wildman–Crippen LogP) is 3.20. The first-order valence-corrected chi connectivity index (χ1v) is 9.66. The summed E-state index contributed by atoms with van der Waals surface area (Å²) in [7, 11) is 2.71. The molecule has 7 nitrogen and oxygen atoms in total. The summed E-state index contributed by atoms with van der Waals surface area (Å²) in [5, 5.41) is 1.81. The number of halogens is 3. The fourth-order valence-electron chi connectivity index (χ4n) is 3.39. The zero-order valence-corrected chi connectivity index (χ0v) is 17.7. The van der Waals surface area contributed by atoms with Crippen LogP contribution < -0.4 is 14.8 Å². The van der Waals surface area contributed by atoms with E-state index in [4.69, 9.17) is 9.47 Å². The van der Waals surface area contributed by atoms with E-state index in [9.17, 15) is 22.8 Å². The second-order valence-corrected chi connectivity index (χ2v) is 7.08. The Kier molecular flexibility index (Phi) is 6.42. The molecule has 0 aliphatic carbocycles. The lowest BCUT2D eigenvalue weighted by atomic mass is 10.1. The highest BCUT2D eigenvalue weighted by Gasteiger charge is 2.66. The number of alkyl halides is 3. The van der Waals surface area contributed by atoms with Crippen molar-refractivity contribution in [2.75, 3.05) is 20.8 Å². The Labute approximate surface area is 182 Å². The summed E-state index contributed by atoms with van der Waals surface area (Å²) >= 11 is 0. The SMILES string of the molecule is COc1ccc(C(=O)NC2(C(F)(F)F)N=C(C)N(CCc3ccccc3)C2=O)cc1OC. The summed E-state index contributed by atoms with van der Waals surface area (Å²) in [4.78, 5) is 30.2. The smallest absolute Gasteiger partial charge is 0.442 e. The van der Waals surface area contributed by atoms with Crippen LogP contribution in [0.4, 0.5) is 13.2 Å². The molecule has 0 bridgehead atoms. The van der Waals surface area contributed by atoms with Gasteiger partial charge in [0.1, 0.15) is 5.84 Å². The Bertz CT molecular complexity index is 1040. The van der Waals surface area contributed by atoms with Gasteiger partial charge < -0.3 is 14.8 Å². The maximum absolute atomic E-state index is 14.1. The Morgan fingerprint density at radius 3 is 2.34 bits per heavy atom. The van der Waals surface area contributed by atoms with Crippen molar-refractivity contribution in [3.05, 3.63) is 59.7 Å². The van der Waals surface area contributed by atoms with Gasteiger partial charge in [-0.25, -0.2) is 4.99 Å². The van der Waals surface area contributed by atoms with Crippen LogP contribution in [0.5, 0.6) is 11.5 Å². The summed E-state index contributed by atoms with van der Waals surface area (Å²) in [6, 6.07) is 12.9. The lowest BCUT2D eigenvalue weighted by Crippen LogP contribution is -2.63. The third-order valence-corrected chi connectivity index (χ3v) is 5.09. The van der Waals surface area contributed by atoms with Gasteiger partial charge in [0, 0.05) is 12.1 Å². The van der Waals surface area contributed by atoms with Gasteiger partial charge in [-0.05, 0) is 37.1 Å². The molecule has 1 aliphatic rings. The van der Waals surface area contributed by atoms with E-state index in [1.165, 1.54) is 39.3 Å². The standard InChI is InChI=1S/C22H22F3N3O4/c1-14-26-21(22(23,24)25,20(30)28(14)12-11-15-7-5-4-6-8-15)27-19(29)16-9-10-17(31-2)18(13-16)32-3/h4-10,13H,11-12H2,1-3H3,(H,27,29). The average Bonchev–Trinajstić information content (AvgIpc) is 3.02. The first kappa shape index (κ1) is 23.1. The quantitative estimate of drug-likeness (QED) is 0.704. The highest BCUT2D eigenvalue weighted by molar-refractivity contribution is 6.10. The molecule has 32 heavy (non-hydrogen) atoms. The molecule has 2 aromatic carbocycles. The molecule has 1 atom stereocenters. The van der Waals surface area contributed by atoms with Crippen molar-refractivity contribution in [1.82, 2.24) is 10.2 Å². The molecule has 0 spiro atoms. The average molecular weight is 449 g/mol. The highest BCUT2D eigenvalue weighted by atomic mass is 19.4. The van der Waals surface area contributed by atoms with Gasteiger partial charge in [-0.15, -0.1) is 0 Å². The minimum atomic E-state index is -5.15. The Balaban J connectivity index is 1.87. The lowest BCUT2D eigenvalue weighted by Gasteiger charge is -2.29. The highest BCUT2D eigenvalue weighted by Crippen LogP contribution is 2.38. The van der Waals surface area contributed by atoms with E-state index < -0.39 is 23.7 Å². The molecule has 1 heterocycles. The van der Waals surface area contributed by atoms with E-state index in [0.29, 0.717) is 12.2 Å².